The van der Waals surface area contributed by atoms with Crippen molar-refractivity contribution in [2.24, 2.45) is 0 Å². The van der Waals surface area contributed by atoms with Crippen LogP contribution in [0, 0.1) is 0 Å². The summed E-state index contributed by atoms with van der Waals surface area (Å²) in [5.74, 6) is -0.0781. The summed E-state index contributed by atoms with van der Waals surface area (Å²) < 4.78 is 0. The number of halogens is 1. The van der Waals surface area contributed by atoms with Crippen molar-refractivity contribution in [3.05, 3.63) is 35.5 Å². The Morgan fingerprint density at radius 3 is 2.83 bits per heavy atom. The first-order valence-corrected chi connectivity index (χ1v) is 3.87. The number of pyridine rings is 1. The molecule has 0 amide bonds. The lowest BCUT2D eigenvalue weighted by Gasteiger charge is -2.09. The summed E-state index contributed by atoms with van der Waals surface area (Å²) in [6.45, 7) is 0. The van der Waals surface area contributed by atoms with Gasteiger partial charge in [0, 0.05) is 0 Å². The van der Waals surface area contributed by atoms with E-state index in [4.69, 9.17) is 11.6 Å². The average Bonchev–Trinajstić information content (AvgIpc) is 2.04. The number of para-hydroxylation sites is 1. The summed E-state index contributed by atoms with van der Waals surface area (Å²) in [6.07, 6.45) is 0. The highest BCUT2D eigenvalue weighted by molar-refractivity contribution is 6.30. The summed E-state index contributed by atoms with van der Waals surface area (Å²) in [4.78, 5) is 4.00. The Balaban J connectivity index is 2.89. The van der Waals surface area contributed by atoms with Gasteiger partial charge in [-0.25, -0.2) is 4.98 Å². The minimum absolute atomic E-state index is 0.0781. The van der Waals surface area contributed by atoms with Gasteiger partial charge in [0.25, 0.3) is 0 Å². The van der Waals surface area contributed by atoms with Crippen LogP contribution < -0.4 is 5.11 Å². The molecule has 0 aliphatic heterocycles. The quantitative estimate of drug-likeness (QED) is 0.579. The minimum atomic E-state index is -0.0781. The number of hydrogen-bond donors (Lipinski definition) is 0. The largest absolute Gasteiger partial charge is 0.872 e. The molecule has 0 aliphatic rings. The number of hydrogen-bond acceptors (Lipinski definition) is 2. The van der Waals surface area contributed by atoms with Crippen molar-refractivity contribution in [3.63, 3.8) is 0 Å². The Morgan fingerprint density at radius 2 is 2.00 bits per heavy atom. The number of nitrogens with zero attached hydrogens (tertiary/aromatic N) is 1. The van der Waals surface area contributed by atoms with Gasteiger partial charge in [-0.2, -0.15) is 0 Å². The lowest BCUT2D eigenvalue weighted by atomic mass is 10.2. The maximum absolute atomic E-state index is 11.3. The summed E-state index contributed by atoms with van der Waals surface area (Å²) >= 11 is 5.61. The molecule has 2 aromatic rings. The fourth-order valence-corrected chi connectivity index (χ4v) is 1.30. The van der Waals surface area contributed by atoms with Crippen LogP contribution in [0.25, 0.3) is 10.9 Å². The number of rotatable bonds is 0. The number of aromatic nitrogens is 1. The standard InChI is InChI=1S/C9H6ClNO/c10-9-5-8(12)6-3-1-2-4-7(6)11-9/h1-5H,(H,11,12)/p-1. The van der Waals surface area contributed by atoms with Gasteiger partial charge >= 0.3 is 0 Å². The lowest BCUT2D eigenvalue weighted by Crippen LogP contribution is -1.92. The van der Waals surface area contributed by atoms with E-state index in [1.165, 1.54) is 6.07 Å². The third-order valence-corrected chi connectivity index (χ3v) is 1.84. The Labute approximate surface area is 74.4 Å². The second-order valence-electron chi connectivity index (χ2n) is 2.46. The summed E-state index contributed by atoms with van der Waals surface area (Å²) in [5.41, 5.74) is 0.648. The topological polar surface area (TPSA) is 36.0 Å². The van der Waals surface area contributed by atoms with Gasteiger partial charge in [0.1, 0.15) is 5.15 Å². The smallest absolute Gasteiger partial charge is 0.129 e. The summed E-state index contributed by atoms with van der Waals surface area (Å²) in [5, 5.41) is 12.1. The van der Waals surface area contributed by atoms with E-state index in [0.717, 1.165) is 0 Å². The molecule has 0 fully saturated rings. The van der Waals surface area contributed by atoms with E-state index in [9.17, 15) is 5.11 Å². The molecule has 0 aliphatic carbocycles. The van der Waals surface area contributed by atoms with Gasteiger partial charge in [-0.15, -0.1) is 0 Å². The van der Waals surface area contributed by atoms with E-state index in [0.29, 0.717) is 10.9 Å². The number of fused-ring (bicyclic) bond motifs is 1. The van der Waals surface area contributed by atoms with Crippen LogP contribution in [-0.4, -0.2) is 4.98 Å². The summed E-state index contributed by atoms with van der Waals surface area (Å²) in [6, 6.07) is 8.46. The zero-order valence-corrected chi connectivity index (χ0v) is 6.88. The zero-order chi connectivity index (χ0) is 8.55. The Morgan fingerprint density at radius 1 is 1.25 bits per heavy atom. The third kappa shape index (κ3) is 1.10. The van der Waals surface area contributed by atoms with E-state index >= 15 is 0 Å². The molecule has 0 bridgehead atoms. The van der Waals surface area contributed by atoms with E-state index in [2.05, 4.69) is 4.98 Å². The highest BCUT2D eigenvalue weighted by Gasteiger charge is 1.95. The van der Waals surface area contributed by atoms with E-state index in [1.54, 1.807) is 18.2 Å². The molecule has 0 N–H and O–H groups in total. The molecule has 0 atom stereocenters. The van der Waals surface area contributed by atoms with E-state index in [1.807, 2.05) is 6.07 Å². The molecule has 0 unspecified atom stereocenters. The maximum atomic E-state index is 11.3. The molecule has 60 valence electrons. The molecule has 0 saturated carbocycles. The molecule has 1 aromatic heterocycles. The Kier molecular flexibility index (Phi) is 1.62. The molecule has 1 heterocycles. The molecular weight excluding hydrogens is 174 g/mol. The Hall–Kier alpha value is -1.28. The first-order valence-electron chi connectivity index (χ1n) is 3.50. The van der Waals surface area contributed by atoms with E-state index in [-0.39, 0.29) is 10.9 Å². The predicted molar refractivity (Wildman–Crippen MR) is 46.2 cm³/mol. The van der Waals surface area contributed by atoms with Gasteiger partial charge in [0.15, 0.2) is 0 Å². The van der Waals surface area contributed by atoms with Gasteiger partial charge in [0.05, 0.1) is 5.52 Å². The second-order valence-corrected chi connectivity index (χ2v) is 2.85. The second kappa shape index (κ2) is 2.64. The molecule has 0 saturated heterocycles. The van der Waals surface area contributed by atoms with Crippen LogP contribution in [0.3, 0.4) is 0 Å². The molecule has 0 spiro atoms. The van der Waals surface area contributed by atoms with Crippen LogP contribution >= 0.6 is 11.6 Å². The normalized spacial score (nSPS) is 10.4. The van der Waals surface area contributed by atoms with Crippen LogP contribution in [0.5, 0.6) is 5.75 Å². The molecule has 2 nitrogen and oxygen atoms in total. The first kappa shape index (κ1) is 7.37. The molecular formula is C9H5ClNO-. The molecule has 0 radical (unpaired) electrons. The first-order chi connectivity index (χ1) is 5.77. The highest BCUT2D eigenvalue weighted by Crippen LogP contribution is 2.23. The van der Waals surface area contributed by atoms with Gasteiger partial charge in [-0.1, -0.05) is 35.5 Å². The molecule has 3 heteroatoms. The number of benzene rings is 1. The van der Waals surface area contributed by atoms with Crippen molar-refractivity contribution in [2.45, 2.75) is 0 Å². The van der Waals surface area contributed by atoms with Gasteiger partial charge in [0.2, 0.25) is 0 Å². The van der Waals surface area contributed by atoms with Crippen LogP contribution in [-0.2, 0) is 0 Å². The average molecular weight is 179 g/mol. The van der Waals surface area contributed by atoms with Crippen molar-refractivity contribution in [1.29, 1.82) is 0 Å². The van der Waals surface area contributed by atoms with Crippen LogP contribution in [0.2, 0.25) is 5.15 Å². The monoisotopic (exact) mass is 178 g/mol. The molecule has 1 aromatic carbocycles. The SMILES string of the molecule is [O-]c1cc(Cl)nc2ccccc12. The van der Waals surface area contributed by atoms with E-state index < -0.39 is 0 Å². The fraction of sp³-hybridized carbons (Fsp3) is 0. The van der Waals surface area contributed by atoms with Gasteiger partial charge in [-0.05, 0) is 17.5 Å². The molecule has 2 rings (SSSR count). The zero-order valence-electron chi connectivity index (χ0n) is 6.12. The van der Waals surface area contributed by atoms with Crippen molar-refractivity contribution in [1.82, 2.24) is 4.98 Å². The van der Waals surface area contributed by atoms with Gasteiger partial charge < -0.3 is 5.11 Å². The van der Waals surface area contributed by atoms with Crippen LogP contribution in [0.1, 0.15) is 0 Å². The van der Waals surface area contributed by atoms with Crippen LogP contribution in [0.4, 0.5) is 0 Å². The van der Waals surface area contributed by atoms with Gasteiger partial charge in [-0.3, -0.25) is 0 Å². The Bertz CT molecular complexity index is 428. The fourth-order valence-electron chi connectivity index (χ4n) is 1.11. The highest BCUT2D eigenvalue weighted by atomic mass is 35.5. The predicted octanol–water partition coefficient (Wildman–Crippen LogP) is 1.96. The lowest BCUT2D eigenvalue weighted by molar-refractivity contribution is -0.265. The van der Waals surface area contributed by atoms with Crippen molar-refractivity contribution in [3.8, 4) is 5.75 Å². The van der Waals surface area contributed by atoms with Crippen molar-refractivity contribution in [2.75, 3.05) is 0 Å². The van der Waals surface area contributed by atoms with Crippen molar-refractivity contribution < 1.29 is 5.11 Å². The summed E-state index contributed by atoms with van der Waals surface area (Å²) in [7, 11) is 0. The molecule has 12 heavy (non-hydrogen) atoms. The minimum Gasteiger partial charge on any atom is -0.872 e. The maximum Gasteiger partial charge on any atom is 0.129 e. The van der Waals surface area contributed by atoms with Crippen LogP contribution in [0.15, 0.2) is 30.3 Å². The third-order valence-electron chi connectivity index (χ3n) is 1.65. The van der Waals surface area contributed by atoms with Crippen molar-refractivity contribution >= 4 is 22.5 Å².